The summed E-state index contributed by atoms with van der Waals surface area (Å²) in [6.45, 7) is 2.20. The van der Waals surface area contributed by atoms with Crippen molar-refractivity contribution in [3.8, 4) is 0 Å². The van der Waals surface area contributed by atoms with Crippen LogP contribution in [0.3, 0.4) is 0 Å². The van der Waals surface area contributed by atoms with Crippen LogP contribution in [0.4, 0.5) is 11.4 Å². The number of nitrogens with one attached hydrogen (secondary N) is 2. The lowest BCUT2D eigenvalue weighted by Gasteiger charge is -2.11. The van der Waals surface area contributed by atoms with E-state index in [-0.39, 0.29) is 16.7 Å². The Kier molecular flexibility index (Phi) is 5.97. The van der Waals surface area contributed by atoms with Crippen LogP contribution in [0, 0.1) is 0 Å². The van der Waals surface area contributed by atoms with Gasteiger partial charge < -0.3 is 15.5 Å². The van der Waals surface area contributed by atoms with Crippen LogP contribution in [0.2, 0.25) is 0 Å². The summed E-state index contributed by atoms with van der Waals surface area (Å²) in [6.07, 6.45) is 1.53. The molecule has 152 valence electrons. The lowest BCUT2D eigenvalue weighted by molar-refractivity contribution is -0.114. The molecule has 0 bridgehead atoms. The zero-order valence-corrected chi connectivity index (χ0v) is 17.0. The highest BCUT2D eigenvalue weighted by Gasteiger charge is 2.20. The average Bonchev–Trinajstić information content (AvgIpc) is 3.06. The summed E-state index contributed by atoms with van der Waals surface area (Å²) in [5.41, 5.74) is 1.47. The minimum absolute atomic E-state index is 0.0722. The van der Waals surface area contributed by atoms with Crippen molar-refractivity contribution >= 4 is 39.0 Å². The minimum atomic E-state index is -3.79. The van der Waals surface area contributed by atoms with Crippen molar-refractivity contribution in [2.24, 2.45) is 4.40 Å². The highest BCUT2D eigenvalue weighted by molar-refractivity contribution is 7.90. The summed E-state index contributed by atoms with van der Waals surface area (Å²) in [6, 6.07) is 12.3. The van der Waals surface area contributed by atoms with E-state index in [0.29, 0.717) is 29.2 Å². The number of anilines is 2. The maximum atomic E-state index is 12.5. The molecule has 0 aliphatic carbocycles. The molecule has 1 fully saturated rings. The van der Waals surface area contributed by atoms with Crippen molar-refractivity contribution in [3.63, 3.8) is 0 Å². The molecule has 1 aliphatic rings. The maximum absolute atomic E-state index is 12.5. The second-order valence-electron chi connectivity index (χ2n) is 6.74. The van der Waals surface area contributed by atoms with Gasteiger partial charge in [0.2, 0.25) is 5.91 Å². The smallest absolute Gasteiger partial charge is 0.283 e. The fourth-order valence-corrected chi connectivity index (χ4v) is 4.02. The fraction of sp³-hybridized carbons (Fsp3) is 0.250. The first-order valence-electron chi connectivity index (χ1n) is 9.09. The molecule has 1 aliphatic heterocycles. The summed E-state index contributed by atoms with van der Waals surface area (Å²) >= 11 is 0. The van der Waals surface area contributed by atoms with Crippen molar-refractivity contribution in [2.75, 3.05) is 24.2 Å². The number of sulfonamides is 1. The molecule has 1 heterocycles. The minimum Gasteiger partial charge on any atom is -0.362 e. The number of carbonyl (C=O) groups excluding carboxylic acids is 2. The van der Waals surface area contributed by atoms with Gasteiger partial charge in [-0.2, -0.15) is 8.42 Å². The van der Waals surface area contributed by atoms with Gasteiger partial charge in [-0.15, -0.1) is 4.40 Å². The Labute approximate surface area is 169 Å². The van der Waals surface area contributed by atoms with Crippen molar-refractivity contribution in [2.45, 2.75) is 24.7 Å². The van der Waals surface area contributed by atoms with Gasteiger partial charge >= 0.3 is 0 Å². The van der Waals surface area contributed by atoms with Crippen molar-refractivity contribution < 1.29 is 18.0 Å². The van der Waals surface area contributed by atoms with Crippen molar-refractivity contribution in [1.29, 1.82) is 0 Å². The molecule has 9 heteroatoms. The molecule has 1 saturated heterocycles. The summed E-state index contributed by atoms with van der Waals surface area (Å²) in [5.74, 6) is 0.0230. The summed E-state index contributed by atoms with van der Waals surface area (Å²) < 4.78 is 28.9. The van der Waals surface area contributed by atoms with E-state index in [1.165, 1.54) is 31.2 Å². The second kappa shape index (κ2) is 8.44. The Morgan fingerprint density at radius 2 is 1.55 bits per heavy atom. The van der Waals surface area contributed by atoms with Crippen LogP contribution in [0.25, 0.3) is 0 Å². The van der Waals surface area contributed by atoms with Crippen molar-refractivity contribution in [1.82, 2.24) is 4.90 Å². The number of amides is 2. The molecular formula is C20H22N4O4S. The van der Waals surface area contributed by atoms with E-state index in [0.717, 1.165) is 13.0 Å². The van der Waals surface area contributed by atoms with Crippen LogP contribution in [0.15, 0.2) is 57.8 Å². The molecule has 0 atom stereocenters. The number of benzene rings is 2. The van der Waals surface area contributed by atoms with Gasteiger partial charge in [0, 0.05) is 43.9 Å². The van der Waals surface area contributed by atoms with E-state index in [4.69, 9.17) is 0 Å². The Bertz CT molecular complexity index is 1040. The SMILES string of the molecule is CC(=O)Nc1ccc(C(=O)Nc2ccc(S(=O)(=O)/N=C3\CCCN3C)cc2)cc1. The zero-order chi connectivity index (χ0) is 21.0. The van der Waals surface area contributed by atoms with E-state index in [9.17, 15) is 18.0 Å². The zero-order valence-electron chi connectivity index (χ0n) is 16.2. The molecule has 2 N–H and O–H groups in total. The Morgan fingerprint density at radius 3 is 2.10 bits per heavy atom. The molecule has 0 radical (unpaired) electrons. The Balaban J connectivity index is 1.68. The molecule has 0 unspecified atom stereocenters. The molecule has 0 aromatic heterocycles. The quantitative estimate of drug-likeness (QED) is 0.782. The first kappa shape index (κ1) is 20.5. The third-order valence-electron chi connectivity index (χ3n) is 4.44. The predicted molar refractivity (Wildman–Crippen MR) is 112 cm³/mol. The molecular weight excluding hydrogens is 392 g/mol. The van der Waals surface area contributed by atoms with Crippen LogP contribution in [0.1, 0.15) is 30.1 Å². The first-order valence-corrected chi connectivity index (χ1v) is 10.5. The van der Waals surface area contributed by atoms with E-state index in [1.807, 2.05) is 11.9 Å². The largest absolute Gasteiger partial charge is 0.362 e. The molecule has 2 amide bonds. The van der Waals surface area contributed by atoms with Gasteiger partial charge in [0.05, 0.1) is 4.90 Å². The molecule has 2 aromatic rings. The third kappa shape index (κ3) is 5.20. The normalized spacial score (nSPS) is 15.4. The van der Waals surface area contributed by atoms with Gasteiger partial charge in [0.1, 0.15) is 5.84 Å². The monoisotopic (exact) mass is 414 g/mol. The average molecular weight is 414 g/mol. The number of rotatable bonds is 5. The number of carbonyl (C=O) groups is 2. The molecule has 8 nitrogen and oxygen atoms in total. The Hall–Kier alpha value is -3.20. The molecule has 0 spiro atoms. The Morgan fingerprint density at radius 1 is 0.966 bits per heavy atom. The van der Waals surface area contributed by atoms with Gasteiger partial charge in [0.15, 0.2) is 0 Å². The second-order valence-corrected chi connectivity index (χ2v) is 8.35. The summed E-state index contributed by atoms with van der Waals surface area (Å²) in [5, 5.41) is 5.34. The van der Waals surface area contributed by atoms with E-state index in [1.54, 1.807) is 24.3 Å². The molecule has 3 rings (SSSR count). The van der Waals surface area contributed by atoms with Gasteiger partial charge in [-0.05, 0) is 55.0 Å². The number of nitrogens with zero attached hydrogens (tertiary/aromatic N) is 2. The first-order chi connectivity index (χ1) is 13.7. The lowest BCUT2D eigenvalue weighted by Crippen LogP contribution is -2.20. The van der Waals surface area contributed by atoms with Crippen LogP contribution < -0.4 is 10.6 Å². The molecule has 0 saturated carbocycles. The molecule has 29 heavy (non-hydrogen) atoms. The predicted octanol–water partition coefficient (Wildman–Crippen LogP) is 2.71. The number of hydrogen-bond acceptors (Lipinski definition) is 4. The van der Waals surface area contributed by atoms with Gasteiger partial charge in [-0.1, -0.05) is 0 Å². The lowest BCUT2D eigenvalue weighted by atomic mass is 10.2. The van der Waals surface area contributed by atoms with E-state index >= 15 is 0 Å². The van der Waals surface area contributed by atoms with Crippen molar-refractivity contribution in [3.05, 3.63) is 54.1 Å². The highest BCUT2D eigenvalue weighted by atomic mass is 32.2. The number of hydrogen-bond donors (Lipinski definition) is 2. The summed E-state index contributed by atoms with van der Waals surface area (Å²) in [4.78, 5) is 25.3. The summed E-state index contributed by atoms with van der Waals surface area (Å²) in [7, 11) is -1.97. The number of amidine groups is 1. The van der Waals surface area contributed by atoms with Crippen LogP contribution >= 0.6 is 0 Å². The topological polar surface area (TPSA) is 108 Å². The molecule has 2 aromatic carbocycles. The van der Waals surface area contributed by atoms with Gasteiger partial charge in [-0.3, -0.25) is 9.59 Å². The van der Waals surface area contributed by atoms with E-state index < -0.39 is 10.0 Å². The van der Waals surface area contributed by atoms with Gasteiger partial charge in [0.25, 0.3) is 15.9 Å². The standard InChI is InChI=1S/C20H22N4O4S/c1-14(25)21-16-7-5-15(6-8-16)20(26)22-17-9-11-18(12-10-17)29(27,28)23-19-4-3-13-24(19)2/h5-12H,3-4,13H2,1-2H3,(H,21,25)(H,22,26)/b23-19+. The number of likely N-dealkylation sites (tertiary alicyclic amines) is 1. The maximum Gasteiger partial charge on any atom is 0.283 e. The van der Waals surface area contributed by atoms with Crippen LogP contribution in [-0.2, 0) is 14.8 Å². The van der Waals surface area contributed by atoms with Crippen LogP contribution in [-0.4, -0.2) is 44.6 Å². The van der Waals surface area contributed by atoms with E-state index in [2.05, 4.69) is 15.0 Å². The highest BCUT2D eigenvalue weighted by Crippen LogP contribution is 2.20. The van der Waals surface area contributed by atoms with Crippen LogP contribution in [0.5, 0.6) is 0 Å². The third-order valence-corrected chi connectivity index (χ3v) is 5.76. The fourth-order valence-electron chi connectivity index (χ4n) is 2.92. The van der Waals surface area contributed by atoms with Gasteiger partial charge in [-0.25, -0.2) is 0 Å².